The van der Waals surface area contributed by atoms with Gasteiger partial charge in [-0.15, -0.1) is 0 Å². The average molecular weight is 371 g/mol. The molecule has 2 aliphatic rings. The van der Waals surface area contributed by atoms with E-state index in [1.165, 1.54) is 0 Å². The maximum atomic E-state index is 13.0. The van der Waals surface area contributed by atoms with E-state index in [4.69, 9.17) is 0 Å². The summed E-state index contributed by atoms with van der Waals surface area (Å²) in [6.07, 6.45) is 2.26. The molecule has 1 aliphatic carbocycles. The van der Waals surface area contributed by atoms with Gasteiger partial charge in [-0.25, -0.2) is 4.79 Å². The first-order valence-corrected chi connectivity index (χ1v) is 9.57. The van der Waals surface area contributed by atoms with Crippen LogP contribution >= 0.6 is 0 Å². The number of benzene rings is 1. The number of aryl methyl sites for hydroxylation is 1. The highest BCUT2D eigenvalue weighted by Gasteiger charge is 2.56. The topological polar surface area (TPSA) is 78.5 Å². The summed E-state index contributed by atoms with van der Waals surface area (Å²) in [6, 6.07) is 7.39. The van der Waals surface area contributed by atoms with Crippen LogP contribution in [0.2, 0.25) is 0 Å². The predicted molar refractivity (Wildman–Crippen MR) is 103 cm³/mol. The van der Waals surface area contributed by atoms with E-state index in [1.54, 1.807) is 0 Å². The molecule has 0 aromatic heterocycles. The second kappa shape index (κ2) is 6.98. The van der Waals surface area contributed by atoms with Crippen molar-refractivity contribution in [2.75, 3.05) is 6.54 Å². The Labute approximate surface area is 160 Å². The summed E-state index contributed by atoms with van der Waals surface area (Å²) < 4.78 is 0. The molecule has 1 aromatic carbocycles. The highest BCUT2D eigenvalue weighted by atomic mass is 16.2. The first-order valence-electron chi connectivity index (χ1n) is 9.57. The van der Waals surface area contributed by atoms with Crippen LogP contribution in [0.15, 0.2) is 24.3 Å². The van der Waals surface area contributed by atoms with Gasteiger partial charge in [-0.2, -0.15) is 0 Å². The number of carbonyl (C=O) groups is 3. The van der Waals surface area contributed by atoms with Crippen molar-refractivity contribution in [2.24, 2.45) is 11.3 Å². The number of carbonyl (C=O) groups excluding carboxylic acids is 3. The molecule has 1 heterocycles. The van der Waals surface area contributed by atoms with Crippen molar-refractivity contribution in [3.8, 4) is 0 Å². The van der Waals surface area contributed by atoms with E-state index < -0.39 is 11.6 Å². The predicted octanol–water partition coefficient (Wildman–Crippen LogP) is 2.75. The molecule has 1 saturated carbocycles. The van der Waals surface area contributed by atoms with Gasteiger partial charge in [0.25, 0.3) is 5.91 Å². The molecule has 1 spiro atoms. The summed E-state index contributed by atoms with van der Waals surface area (Å²) in [7, 11) is 0. The molecule has 3 rings (SSSR count). The average Bonchev–Trinajstić information content (AvgIpc) is 2.74. The second-order valence-electron chi connectivity index (χ2n) is 9.02. The van der Waals surface area contributed by atoms with Gasteiger partial charge in [0.15, 0.2) is 0 Å². The quantitative estimate of drug-likeness (QED) is 0.799. The van der Waals surface area contributed by atoms with E-state index in [0.717, 1.165) is 22.4 Å². The van der Waals surface area contributed by atoms with Gasteiger partial charge in [-0.05, 0) is 43.1 Å². The lowest BCUT2D eigenvalue weighted by Gasteiger charge is -2.43. The van der Waals surface area contributed by atoms with Gasteiger partial charge in [0, 0.05) is 6.54 Å². The Balaban J connectivity index is 1.64. The minimum absolute atomic E-state index is 0.0238. The van der Waals surface area contributed by atoms with Gasteiger partial charge >= 0.3 is 6.03 Å². The lowest BCUT2D eigenvalue weighted by molar-refractivity contribution is -0.137. The van der Waals surface area contributed by atoms with Crippen molar-refractivity contribution in [3.63, 3.8) is 0 Å². The molecule has 2 unspecified atom stereocenters. The van der Waals surface area contributed by atoms with Crippen molar-refractivity contribution < 1.29 is 14.4 Å². The molecule has 6 nitrogen and oxygen atoms in total. The van der Waals surface area contributed by atoms with E-state index in [9.17, 15) is 14.4 Å². The molecule has 0 radical (unpaired) electrons. The molecule has 27 heavy (non-hydrogen) atoms. The number of hydrogen-bond donors (Lipinski definition) is 2. The molecular weight excluding hydrogens is 342 g/mol. The van der Waals surface area contributed by atoms with Crippen molar-refractivity contribution in [1.82, 2.24) is 15.5 Å². The summed E-state index contributed by atoms with van der Waals surface area (Å²) in [4.78, 5) is 38.9. The number of hydrogen-bond acceptors (Lipinski definition) is 3. The van der Waals surface area contributed by atoms with E-state index in [2.05, 4.69) is 31.4 Å². The number of nitrogens with zero attached hydrogens (tertiary/aromatic N) is 1. The fourth-order valence-electron chi connectivity index (χ4n) is 4.87. The van der Waals surface area contributed by atoms with Crippen LogP contribution in [0.3, 0.4) is 0 Å². The number of amides is 4. The van der Waals surface area contributed by atoms with Crippen LogP contribution < -0.4 is 10.6 Å². The lowest BCUT2D eigenvalue weighted by Crippen LogP contribution is -2.54. The molecule has 2 fully saturated rings. The summed E-state index contributed by atoms with van der Waals surface area (Å²) in [6.45, 7) is 8.48. The molecule has 6 heteroatoms. The molecule has 2 atom stereocenters. The normalized spacial score (nSPS) is 27.0. The van der Waals surface area contributed by atoms with Crippen LogP contribution in [0.5, 0.6) is 0 Å². The summed E-state index contributed by atoms with van der Waals surface area (Å²) in [5.74, 6) is -0.258. The van der Waals surface area contributed by atoms with Crippen LogP contribution in [0.25, 0.3) is 0 Å². The first kappa shape index (κ1) is 19.4. The molecule has 146 valence electrons. The minimum Gasteiger partial charge on any atom is -0.350 e. The third-order valence-corrected chi connectivity index (χ3v) is 5.50. The Morgan fingerprint density at radius 2 is 2.04 bits per heavy atom. The van der Waals surface area contributed by atoms with Crippen LogP contribution in [-0.4, -0.2) is 34.8 Å². The largest absolute Gasteiger partial charge is 0.350 e. The van der Waals surface area contributed by atoms with E-state index in [0.29, 0.717) is 25.3 Å². The Morgan fingerprint density at radius 3 is 2.70 bits per heavy atom. The van der Waals surface area contributed by atoms with Gasteiger partial charge in [0.05, 0.1) is 0 Å². The van der Waals surface area contributed by atoms with Crippen molar-refractivity contribution in [3.05, 3.63) is 35.4 Å². The van der Waals surface area contributed by atoms with Crippen LogP contribution in [-0.2, 0) is 16.1 Å². The summed E-state index contributed by atoms with van der Waals surface area (Å²) in [5, 5.41) is 5.70. The van der Waals surface area contributed by atoms with Crippen LogP contribution in [0.4, 0.5) is 4.79 Å². The Kier molecular flexibility index (Phi) is 5.02. The first-order chi connectivity index (χ1) is 12.6. The Hall–Kier alpha value is -2.37. The number of rotatable bonds is 4. The standard InChI is InChI=1S/C21H29N3O3/c1-14-6-5-7-16(8-14)11-22-17(25)12-24-18(26)21(23-19(24)27)10-15(2)9-20(3,4)13-21/h5-8,15H,9-13H2,1-4H3,(H,22,25)(H,23,27). The van der Waals surface area contributed by atoms with Crippen molar-refractivity contribution >= 4 is 17.8 Å². The molecular formula is C21H29N3O3. The van der Waals surface area contributed by atoms with Crippen molar-refractivity contribution in [1.29, 1.82) is 0 Å². The van der Waals surface area contributed by atoms with Crippen molar-refractivity contribution in [2.45, 2.75) is 59.0 Å². The van der Waals surface area contributed by atoms with Gasteiger partial charge in [-0.3, -0.25) is 14.5 Å². The monoisotopic (exact) mass is 371 g/mol. The number of urea groups is 1. The SMILES string of the molecule is Cc1cccc(CNC(=O)CN2C(=O)NC3(CC(C)CC(C)(C)C3)C2=O)c1. The van der Waals surface area contributed by atoms with Gasteiger partial charge in [0.2, 0.25) is 5.91 Å². The Bertz CT molecular complexity index is 774. The lowest BCUT2D eigenvalue weighted by atomic mass is 9.64. The zero-order chi connectivity index (χ0) is 19.8. The van der Waals surface area contributed by atoms with E-state index in [-0.39, 0.29) is 23.8 Å². The molecule has 0 bridgehead atoms. The highest BCUT2D eigenvalue weighted by molar-refractivity contribution is 6.09. The minimum atomic E-state index is -0.866. The smallest absolute Gasteiger partial charge is 0.325 e. The maximum absolute atomic E-state index is 13.0. The molecule has 1 saturated heterocycles. The van der Waals surface area contributed by atoms with Gasteiger partial charge in [-0.1, -0.05) is 50.6 Å². The van der Waals surface area contributed by atoms with Gasteiger partial charge in [0.1, 0.15) is 12.1 Å². The van der Waals surface area contributed by atoms with Gasteiger partial charge < -0.3 is 10.6 Å². The van der Waals surface area contributed by atoms with E-state index >= 15 is 0 Å². The fourth-order valence-corrected chi connectivity index (χ4v) is 4.87. The molecule has 1 aromatic rings. The highest BCUT2D eigenvalue weighted by Crippen LogP contribution is 2.46. The van der Waals surface area contributed by atoms with Crippen LogP contribution in [0.1, 0.15) is 51.2 Å². The van der Waals surface area contributed by atoms with E-state index in [1.807, 2.05) is 31.2 Å². The molecule has 2 N–H and O–H groups in total. The molecule has 4 amide bonds. The van der Waals surface area contributed by atoms with Crippen LogP contribution in [0, 0.1) is 18.3 Å². The Morgan fingerprint density at radius 1 is 1.30 bits per heavy atom. The number of nitrogens with one attached hydrogen (secondary N) is 2. The third-order valence-electron chi connectivity index (χ3n) is 5.50. The molecule has 1 aliphatic heterocycles. The maximum Gasteiger partial charge on any atom is 0.325 e. The fraction of sp³-hybridized carbons (Fsp3) is 0.571. The summed E-state index contributed by atoms with van der Waals surface area (Å²) in [5.41, 5.74) is 1.21. The second-order valence-corrected chi connectivity index (χ2v) is 9.02. The third kappa shape index (κ3) is 4.15. The zero-order valence-corrected chi connectivity index (χ0v) is 16.6. The summed E-state index contributed by atoms with van der Waals surface area (Å²) >= 11 is 0. The zero-order valence-electron chi connectivity index (χ0n) is 16.6. The number of imide groups is 1.